The van der Waals surface area contributed by atoms with E-state index >= 15 is 0 Å². The van der Waals surface area contributed by atoms with E-state index in [9.17, 15) is 22.8 Å². The molecule has 25 heavy (non-hydrogen) atoms. The fourth-order valence-electron chi connectivity index (χ4n) is 2.25. The van der Waals surface area contributed by atoms with Gasteiger partial charge < -0.3 is 14.7 Å². The molecule has 0 aromatic carbocycles. The van der Waals surface area contributed by atoms with E-state index in [4.69, 9.17) is 14.7 Å². The Hall–Kier alpha value is -3.30. The summed E-state index contributed by atoms with van der Waals surface area (Å²) < 4.78 is 49.9. The molecular weight excluding hydrogens is 343 g/mol. The molecule has 10 heteroatoms. The van der Waals surface area contributed by atoms with Gasteiger partial charge in [0.1, 0.15) is 17.0 Å². The van der Waals surface area contributed by atoms with Gasteiger partial charge in [-0.15, -0.1) is 0 Å². The van der Waals surface area contributed by atoms with Gasteiger partial charge >= 0.3 is 6.18 Å². The van der Waals surface area contributed by atoms with E-state index in [1.54, 1.807) is 12.1 Å². The minimum atomic E-state index is -4.80. The fraction of sp³-hybridized carbons (Fsp3) is 0.133. The van der Waals surface area contributed by atoms with Crippen LogP contribution in [0, 0.1) is 0 Å². The summed E-state index contributed by atoms with van der Waals surface area (Å²) in [6.45, 7) is -0.557. The third kappa shape index (κ3) is 3.18. The number of alkyl halides is 3. The predicted octanol–water partition coefficient (Wildman–Crippen LogP) is 2.26. The zero-order valence-electron chi connectivity index (χ0n) is 12.4. The van der Waals surface area contributed by atoms with Gasteiger partial charge in [-0.2, -0.15) is 13.2 Å². The molecule has 3 heterocycles. The zero-order valence-corrected chi connectivity index (χ0v) is 12.4. The van der Waals surface area contributed by atoms with Gasteiger partial charge in [0.15, 0.2) is 5.76 Å². The van der Waals surface area contributed by atoms with Crippen molar-refractivity contribution in [3.05, 3.63) is 63.9 Å². The van der Waals surface area contributed by atoms with Gasteiger partial charge in [-0.05, 0) is 24.3 Å². The summed E-state index contributed by atoms with van der Waals surface area (Å²) in [5.74, 6) is -0.607. The van der Waals surface area contributed by atoms with E-state index in [2.05, 4.69) is 5.16 Å². The number of nitrogens with two attached hydrogens (primary N) is 1. The van der Waals surface area contributed by atoms with E-state index in [0.29, 0.717) is 16.4 Å². The number of nitrogens with zero attached hydrogens (tertiary/aromatic N) is 2. The first-order valence-electron chi connectivity index (χ1n) is 6.87. The van der Waals surface area contributed by atoms with Gasteiger partial charge in [0, 0.05) is 6.07 Å². The molecule has 0 fully saturated rings. The molecular formula is C15H10F3N3O4. The van der Waals surface area contributed by atoms with Crippen LogP contribution >= 0.6 is 0 Å². The molecule has 3 aromatic rings. The lowest BCUT2D eigenvalue weighted by Gasteiger charge is -2.15. The number of primary amides is 1. The maximum atomic E-state index is 13.2. The lowest BCUT2D eigenvalue weighted by atomic mass is 10.2. The minimum absolute atomic E-state index is 0.0422. The lowest BCUT2D eigenvalue weighted by molar-refractivity contribution is -0.144. The average Bonchev–Trinajstić information content (AvgIpc) is 3.18. The number of hydrogen-bond donors (Lipinski definition) is 1. The van der Waals surface area contributed by atoms with Crippen molar-refractivity contribution in [1.82, 2.24) is 9.72 Å². The van der Waals surface area contributed by atoms with Gasteiger partial charge in [-0.3, -0.25) is 14.2 Å². The second-order valence-corrected chi connectivity index (χ2v) is 5.05. The molecule has 3 rings (SSSR count). The van der Waals surface area contributed by atoms with Crippen molar-refractivity contribution in [3.63, 3.8) is 0 Å². The maximum absolute atomic E-state index is 13.2. The largest absolute Gasteiger partial charge is 0.461 e. The molecule has 0 atom stereocenters. The van der Waals surface area contributed by atoms with E-state index in [0.717, 1.165) is 6.07 Å². The highest BCUT2D eigenvalue weighted by Crippen LogP contribution is 2.29. The average molecular weight is 353 g/mol. The fourth-order valence-corrected chi connectivity index (χ4v) is 2.25. The maximum Gasteiger partial charge on any atom is 0.431 e. The number of aromatic nitrogens is 2. The normalized spacial score (nSPS) is 11.6. The van der Waals surface area contributed by atoms with Crippen LogP contribution < -0.4 is 11.3 Å². The van der Waals surface area contributed by atoms with Gasteiger partial charge in [0.05, 0.1) is 12.8 Å². The molecule has 2 N–H and O–H groups in total. The van der Waals surface area contributed by atoms with E-state index < -0.39 is 35.4 Å². The first-order valence-corrected chi connectivity index (χ1v) is 6.87. The molecule has 0 unspecified atom stereocenters. The Morgan fingerprint density at radius 1 is 1.24 bits per heavy atom. The number of rotatable bonds is 4. The van der Waals surface area contributed by atoms with Gasteiger partial charge in [0.2, 0.25) is 5.76 Å². The topological polar surface area (TPSA) is 104 Å². The van der Waals surface area contributed by atoms with Crippen LogP contribution in [0.5, 0.6) is 0 Å². The Bertz CT molecular complexity index is 971. The smallest absolute Gasteiger partial charge is 0.431 e. The van der Waals surface area contributed by atoms with Crippen LogP contribution in [0.3, 0.4) is 0 Å². The number of amides is 1. The summed E-state index contributed by atoms with van der Waals surface area (Å²) in [5.41, 5.74) is 2.12. The SMILES string of the molecule is NC(=O)c1ccc(C(F)(F)F)n(Cc2cc(-c3ccco3)on2)c1=O. The van der Waals surface area contributed by atoms with Gasteiger partial charge in [0.25, 0.3) is 11.5 Å². The van der Waals surface area contributed by atoms with Crippen LogP contribution in [0.25, 0.3) is 11.5 Å². The molecule has 0 bridgehead atoms. The second-order valence-electron chi connectivity index (χ2n) is 5.05. The van der Waals surface area contributed by atoms with E-state index in [1.807, 2.05) is 0 Å². The third-order valence-electron chi connectivity index (χ3n) is 3.37. The molecule has 0 radical (unpaired) electrons. The van der Waals surface area contributed by atoms with E-state index in [1.165, 1.54) is 12.3 Å². The first kappa shape index (κ1) is 16.6. The number of halogens is 3. The van der Waals surface area contributed by atoms with E-state index in [-0.39, 0.29) is 11.5 Å². The molecule has 1 amide bonds. The second kappa shape index (κ2) is 5.96. The molecule has 0 saturated heterocycles. The monoisotopic (exact) mass is 353 g/mol. The molecule has 0 aliphatic carbocycles. The van der Waals surface area contributed by atoms with Crippen molar-refractivity contribution in [1.29, 1.82) is 0 Å². The Morgan fingerprint density at radius 3 is 2.60 bits per heavy atom. The molecule has 0 spiro atoms. The molecule has 3 aromatic heterocycles. The number of furan rings is 1. The van der Waals surface area contributed by atoms with Crippen molar-refractivity contribution in [2.45, 2.75) is 12.7 Å². The third-order valence-corrected chi connectivity index (χ3v) is 3.37. The minimum Gasteiger partial charge on any atom is -0.461 e. The van der Waals surface area contributed by atoms with Crippen LogP contribution in [0.4, 0.5) is 13.2 Å². The summed E-state index contributed by atoms with van der Waals surface area (Å²) in [5, 5.41) is 3.63. The lowest BCUT2D eigenvalue weighted by Crippen LogP contribution is -2.34. The van der Waals surface area contributed by atoms with Crippen LogP contribution in [0.2, 0.25) is 0 Å². The zero-order chi connectivity index (χ0) is 18.2. The molecule has 0 saturated carbocycles. The highest BCUT2D eigenvalue weighted by molar-refractivity contribution is 5.92. The van der Waals surface area contributed by atoms with Gasteiger partial charge in [-0.1, -0.05) is 5.16 Å². The van der Waals surface area contributed by atoms with Crippen molar-refractivity contribution < 1.29 is 26.9 Å². The Labute approximate surface area is 137 Å². The van der Waals surface area contributed by atoms with Crippen LogP contribution in [-0.4, -0.2) is 15.6 Å². The quantitative estimate of drug-likeness (QED) is 0.775. The predicted molar refractivity (Wildman–Crippen MR) is 77.5 cm³/mol. The van der Waals surface area contributed by atoms with Crippen LogP contribution in [0.1, 0.15) is 21.7 Å². The number of carbonyl (C=O) groups excluding carboxylic acids is 1. The van der Waals surface area contributed by atoms with Crippen molar-refractivity contribution >= 4 is 5.91 Å². The Balaban J connectivity index is 2.05. The number of pyridine rings is 1. The first-order chi connectivity index (χ1) is 11.8. The summed E-state index contributed by atoms with van der Waals surface area (Å²) >= 11 is 0. The summed E-state index contributed by atoms with van der Waals surface area (Å²) in [4.78, 5) is 23.4. The number of hydrogen-bond acceptors (Lipinski definition) is 5. The van der Waals surface area contributed by atoms with Gasteiger partial charge in [-0.25, -0.2) is 0 Å². The Morgan fingerprint density at radius 2 is 2.00 bits per heavy atom. The standard InChI is InChI=1S/C15H10F3N3O4/c16-15(17,18)12-4-3-9(13(19)22)14(23)21(12)7-8-6-11(25-20-8)10-2-1-5-24-10/h1-6H,7H2,(H2,19,22). The van der Waals surface area contributed by atoms with Crippen LogP contribution in [0.15, 0.2) is 50.3 Å². The molecule has 7 nitrogen and oxygen atoms in total. The van der Waals surface area contributed by atoms with Crippen molar-refractivity contribution in [3.8, 4) is 11.5 Å². The van der Waals surface area contributed by atoms with Crippen LogP contribution in [-0.2, 0) is 12.7 Å². The molecule has 0 aliphatic heterocycles. The highest BCUT2D eigenvalue weighted by Gasteiger charge is 2.35. The Kier molecular flexibility index (Phi) is 3.95. The van der Waals surface area contributed by atoms with Crippen molar-refractivity contribution in [2.75, 3.05) is 0 Å². The highest BCUT2D eigenvalue weighted by atomic mass is 19.4. The van der Waals surface area contributed by atoms with Crippen molar-refractivity contribution in [2.24, 2.45) is 5.73 Å². The molecule has 130 valence electrons. The molecule has 0 aliphatic rings. The summed E-state index contributed by atoms with van der Waals surface area (Å²) in [6, 6.07) is 5.88. The number of carbonyl (C=O) groups is 1. The summed E-state index contributed by atoms with van der Waals surface area (Å²) in [6.07, 6.45) is -3.41. The summed E-state index contributed by atoms with van der Waals surface area (Å²) in [7, 11) is 0.